The largest absolute Gasteiger partial charge is 0.482 e. The van der Waals surface area contributed by atoms with E-state index in [4.69, 9.17) is 14.2 Å². The van der Waals surface area contributed by atoms with Crippen molar-refractivity contribution in [1.29, 1.82) is 0 Å². The number of carbonyl (C=O) groups is 2. The van der Waals surface area contributed by atoms with Crippen molar-refractivity contribution in [2.75, 3.05) is 13.2 Å². The number of aryl methyl sites for hydroxylation is 1. The normalized spacial score (nSPS) is 10.4. The van der Waals surface area contributed by atoms with Crippen LogP contribution in [0.2, 0.25) is 0 Å². The van der Waals surface area contributed by atoms with Gasteiger partial charge in [0.05, 0.1) is 12.2 Å². The molecule has 0 saturated heterocycles. The van der Waals surface area contributed by atoms with Crippen LogP contribution in [-0.2, 0) is 9.53 Å². The van der Waals surface area contributed by atoms with E-state index in [-0.39, 0.29) is 18.3 Å². The molecule has 0 aliphatic carbocycles. The second kappa shape index (κ2) is 8.87. The van der Waals surface area contributed by atoms with Crippen molar-refractivity contribution in [3.63, 3.8) is 0 Å². The standard InChI is InChI=1S/C20H22O5/c1-14(2)12-24-20(22)16-5-4-6-18(11-16)25-19(21)13-23-17-9-7-15(3)8-10-17/h4-11,14H,12-13H2,1-3H3. The van der Waals surface area contributed by atoms with Gasteiger partial charge in [-0.2, -0.15) is 0 Å². The van der Waals surface area contributed by atoms with Gasteiger partial charge in [0.15, 0.2) is 6.61 Å². The summed E-state index contributed by atoms with van der Waals surface area (Å²) in [5.74, 6) is 0.129. The van der Waals surface area contributed by atoms with Crippen molar-refractivity contribution in [2.45, 2.75) is 20.8 Å². The van der Waals surface area contributed by atoms with E-state index in [0.717, 1.165) is 5.56 Å². The first kappa shape index (κ1) is 18.5. The number of benzene rings is 2. The predicted octanol–water partition coefficient (Wildman–Crippen LogP) is 3.79. The molecule has 132 valence electrons. The molecule has 0 saturated carbocycles. The minimum atomic E-state index is -0.548. The Bertz CT molecular complexity index is 719. The van der Waals surface area contributed by atoms with Crippen molar-refractivity contribution < 1.29 is 23.8 Å². The van der Waals surface area contributed by atoms with E-state index in [0.29, 0.717) is 17.9 Å². The molecule has 0 fully saturated rings. The molecule has 5 heteroatoms. The summed E-state index contributed by atoms with van der Waals surface area (Å²) in [6, 6.07) is 13.7. The fourth-order valence-corrected chi connectivity index (χ4v) is 1.95. The monoisotopic (exact) mass is 342 g/mol. The number of esters is 2. The Labute approximate surface area is 147 Å². The minimum Gasteiger partial charge on any atom is -0.482 e. The highest BCUT2D eigenvalue weighted by Gasteiger charge is 2.11. The van der Waals surface area contributed by atoms with Crippen LogP contribution < -0.4 is 9.47 Å². The van der Waals surface area contributed by atoms with Crippen LogP contribution in [0.15, 0.2) is 48.5 Å². The van der Waals surface area contributed by atoms with Crippen LogP contribution in [0.5, 0.6) is 11.5 Å². The Kier molecular flexibility index (Phi) is 6.57. The van der Waals surface area contributed by atoms with Gasteiger partial charge in [0.1, 0.15) is 11.5 Å². The van der Waals surface area contributed by atoms with E-state index < -0.39 is 11.9 Å². The Morgan fingerprint density at radius 2 is 1.72 bits per heavy atom. The Balaban J connectivity index is 1.88. The second-order valence-electron chi connectivity index (χ2n) is 6.10. The van der Waals surface area contributed by atoms with E-state index in [1.165, 1.54) is 6.07 Å². The summed E-state index contributed by atoms with van der Waals surface area (Å²) in [7, 11) is 0. The first-order valence-corrected chi connectivity index (χ1v) is 8.11. The lowest BCUT2D eigenvalue weighted by molar-refractivity contribution is -0.136. The van der Waals surface area contributed by atoms with E-state index in [1.54, 1.807) is 30.3 Å². The highest BCUT2D eigenvalue weighted by molar-refractivity contribution is 5.90. The third-order valence-electron chi connectivity index (χ3n) is 3.23. The third kappa shape index (κ3) is 6.30. The topological polar surface area (TPSA) is 61.8 Å². The fourth-order valence-electron chi connectivity index (χ4n) is 1.95. The molecule has 0 aliphatic heterocycles. The fraction of sp³-hybridized carbons (Fsp3) is 0.300. The average molecular weight is 342 g/mol. The molecule has 2 aromatic rings. The number of hydrogen-bond donors (Lipinski definition) is 0. The summed E-state index contributed by atoms with van der Waals surface area (Å²) in [4.78, 5) is 23.8. The molecule has 0 bridgehead atoms. The zero-order valence-corrected chi connectivity index (χ0v) is 14.7. The molecule has 0 amide bonds. The van der Waals surface area contributed by atoms with Gasteiger partial charge in [0.2, 0.25) is 0 Å². The molecule has 2 rings (SSSR count). The lowest BCUT2D eigenvalue weighted by atomic mass is 10.2. The highest BCUT2D eigenvalue weighted by atomic mass is 16.6. The first-order valence-electron chi connectivity index (χ1n) is 8.11. The molecular formula is C20H22O5. The molecule has 0 aliphatic rings. The third-order valence-corrected chi connectivity index (χ3v) is 3.23. The molecule has 5 nitrogen and oxygen atoms in total. The average Bonchev–Trinajstić information content (AvgIpc) is 2.59. The number of ether oxygens (including phenoxy) is 3. The summed E-state index contributed by atoms with van der Waals surface area (Å²) in [6.45, 7) is 6.01. The second-order valence-corrected chi connectivity index (χ2v) is 6.10. The van der Waals surface area contributed by atoms with Crippen molar-refractivity contribution >= 4 is 11.9 Å². The Morgan fingerprint density at radius 1 is 1.00 bits per heavy atom. The molecule has 0 atom stereocenters. The van der Waals surface area contributed by atoms with Crippen LogP contribution in [-0.4, -0.2) is 25.2 Å². The van der Waals surface area contributed by atoms with Crippen molar-refractivity contribution in [1.82, 2.24) is 0 Å². The lowest BCUT2D eigenvalue weighted by Gasteiger charge is -2.09. The number of hydrogen-bond acceptors (Lipinski definition) is 5. The minimum absolute atomic E-state index is 0.217. The van der Waals surface area contributed by atoms with Gasteiger partial charge in [0.25, 0.3) is 0 Å². The molecule has 0 heterocycles. The smallest absolute Gasteiger partial charge is 0.349 e. The van der Waals surface area contributed by atoms with Crippen molar-refractivity contribution in [2.24, 2.45) is 5.92 Å². The van der Waals surface area contributed by atoms with Crippen LogP contribution >= 0.6 is 0 Å². The maximum Gasteiger partial charge on any atom is 0.349 e. The predicted molar refractivity (Wildman–Crippen MR) is 93.9 cm³/mol. The molecule has 0 spiro atoms. The van der Waals surface area contributed by atoms with Gasteiger partial charge in [-0.05, 0) is 43.2 Å². The molecule has 0 aromatic heterocycles. The van der Waals surface area contributed by atoms with Gasteiger partial charge in [-0.25, -0.2) is 9.59 Å². The molecule has 0 radical (unpaired) electrons. The molecule has 2 aromatic carbocycles. The Morgan fingerprint density at radius 3 is 2.40 bits per heavy atom. The highest BCUT2D eigenvalue weighted by Crippen LogP contribution is 2.16. The van der Waals surface area contributed by atoms with Crippen LogP contribution in [0.4, 0.5) is 0 Å². The van der Waals surface area contributed by atoms with Gasteiger partial charge in [-0.15, -0.1) is 0 Å². The summed E-state index contributed by atoms with van der Waals surface area (Å²) in [6.07, 6.45) is 0. The maximum absolute atomic E-state index is 11.9. The SMILES string of the molecule is Cc1ccc(OCC(=O)Oc2cccc(C(=O)OCC(C)C)c2)cc1. The van der Waals surface area contributed by atoms with E-state index in [2.05, 4.69) is 0 Å². The van der Waals surface area contributed by atoms with Crippen LogP contribution in [0.25, 0.3) is 0 Å². The summed E-state index contributed by atoms with van der Waals surface area (Å²) < 4.78 is 15.7. The molecule has 0 unspecified atom stereocenters. The Hall–Kier alpha value is -2.82. The van der Waals surface area contributed by atoms with Crippen molar-refractivity contribution in [3.05, 3.63) is 59.7 Å². The first-order chi connectivity index (χ1) is 11.9. The summed E-state index contributed by atoms with van der Waals surface area (Å²) in [5.41, 5.74) is 1.45. The van der Waals surface area contributed by atoms with Gasteiger partial charge in [-0.3, -0.25) is 0 Å². The van der Waals surface area contributed by atoms with Gasteiger partial charge < -0.3 is 14.2 Å². The van der Waals surface area contributed by atoms with Crippen LogP contribution in [0, 0.1) is 12.8 Å². The van der Waals surface area contributed by atoms with Gasteiger partial charge in [0, 0.05) is 0 Å². The molecular weight excluding hydrogens is 320 g/mol. The zero-order valence-electron chi connectivity index (χ0n) is 14.7. The molecule has 0 N–H and O–H groups in total. The maximum atomic E-state index is 11.9. The van der Waals surface area contributed by atoms with E-state index in [9.17, 15) is 9.59 Å². The quantitative estimate of drug-likeness (QED) is 0.566. The lowest BCUT2D eigenvalue weighted by Crippen LogP contribution is -2.18. The van der Waals surface area contributed by atoms with Crippen LogP contribution in [0.3, 0.4) is 0 Å². The van der Waals surface area contributed by atoms with E-state index in [1.807, 2.05) is 32.9 Å². The van der Waals surface area contributed by atoms with Crippen LogP contribution in [0.1, 0.15) is 29.8 Å². The molecule has 25 heavy (non-hydrogen) atoms. The van der Waals surface area contributed by atoms with E-state index >= 15 is 0 Å². The summed E-state index contributed by atoms with van der Waals surface area (Å²) in [5, 5.41) is 0. The van der Waals surface area contributed by atoms with Gasteiger partial charge in [-0.1, -0.05) is 37.6 Å². The number of carbonyl (C=O) groups excluding carboxylic acids is 2. The van der Waals surface area contributed by atoms with Gasteiger partial charge >= 0.3 is 11.9 Å². The zero-order chi connectivity index (χ0) is 18.2. The van der Waals surface area contributed by atoms with Crippen molar-refractivity contribution in [3.8, 4) is 11.5 Å². The summed E-state index contributed by atoms with van der Waals surface area (Å²) >= 11 is 0. The number of rotatable bonds is 7.